The second-order valence-corrected chi connectivity index (χ2v) is 2.00. The summed E-state index contributed by atoms with van der Waals surface area (Å²) < 4.78 is 8.88. The highest BCUT2D eigenvalue weighted by Gasteiger charge is 2.10. The maximum absolute atomic E-state index is 10.7. The van der Waals surface area contributed by atoms with Gasteiger partial charge in [-0.05, 0) is 13.8 Å². The predicted molar refractivity (Wildman–Crippen MR) is 44.0 cm³/mol. The molecule has 0 radical (unpaired) electrons. The normalized spacial score (nSPS) is 10.8. The zero-order valence-corrected chi connectivity index (χ0v) is 7.57. The number of esters is 2. The summed E-state index contributed by atoms with van der Waals surface area (Å²) in [6.07, 6.45) is 0.682. The lowest BCUT2D eigenvalue weighted by atomic mass is 10.4. The molecule has 0 atom stereocenters. The number of carbonyl (C=O) groups excluding carboxylic acids is 2. The Labute approximate surface area is 75.9 Å². The highest BCUT2D eigenvalue weighted by molar-refractivity contribution is 5.94. The van der Waals surface area contributed by atoms with Crippen molar-refractivity contribution in [2.24, 2.45) is 0 Å². The molecule has 0 spiro atoms. The van der Waals surface area contributed by atoms with Crippen molar-refractivity contribution in [2.45, 2.75) is 13.8 Å². The van der Waals surface area contributed by atoms with Crippen LogP contribution in [0.15, 0.2) is 11.8 Å². The molecule has 0 aromatic carbocycles. The average molecular weight is 188 g/mol. The molecule has 0 fully saturated rings. The fourth-order valence-electron chi connectivity index (χ4n) is 0.560. The molecule has 0 bridgehead atoms. The van der Waals surface area contributed by atoms with Crippen molar-refractivity contribution < 1.29 is 24.2 Å². The third kappa shape index (κ3) is 4.84. The average Bonchev–Trinajstić information content (AvgIpc) is 2.05. The molecular weight excluding hydrogens is 176 g/mol. The van der Waals surface area contributed by atoms with Crippen LogP contribution in [0.3, 0.4) is 0 Å². The van der Waals surface area contributed by atoms with Gasteiger partial charge in [-0.2, -0.15) is 0 Å². The van der Waals surface area contributed by atoms with E-state index in [1.807, 2.05) is 0 Å². The van der Waals surface area contributed by atoms with E-state index in [-0.39, 0.29) is 13.2 Å². The quantitative estimate of drug-likeness (QED) is 0.396. The van der Waals surface area contributed by atoms with Gasteiger partial charge in [0.1, 0.15) is 0 Å². The van der Waals surface area contributed by atoms with Gasteiger partial charge in [-0.15, -0.1) is 0 Å². The summed E-state index contributed by atoms with van der Waals surface area (Å²) in [5.41, 5.74) is 0. The van der Waals surface area contributed by atoms with Crippen molar-refractivity contribution in [3.8, 4) is 0 Å². The van der Waals surface area contributed by atoms with E-state index in [1.54, 1.807) is 13.8 Å². The predicted octanol–water partition coefficient (Wildman–Crippen LogP) is 0.555. The molecule has 0 amide bonds. The maximum Gasteiger partial charge on any atom is 0.373 e. The van der Waals surface area contributed by atoms with Gasteiger partial charge in [0.25, 0.3) is 0 Å². The van der Waals surface area contributed by atoms with Crippen LogP contribution in [0.1, 0.15) is 13.8 Å². The van der Waals surface area contributed by atoms with E-state index >= 15 is 0 Å². The second-order valence-electron chi connectivity index (χ2n) is 2.00. The number of hydrogen-bond acceptors (Lipinski definition) is 5. The molecule has 0 unspecified atom stereocenters. The van der Waals surface area contributed by atoms with Crippen molar-refractivity contribution in [3.63, 3.8) is 0 Å². The zero-order chi connectivity index (χ0) is 10.3. The third-order valence-corrected chi connectivity index (χ3v) is 1.03. The number of hydrogen-bond donors (Lipinski definition) is 1. The largest absolute Gasteiger partial charge is 0.502 e. The van der Waals surface area contributed by atoms with Gasteiger partial charge in [-0.25, -0.2) is 9.59 Å². The summed E-state index contributed by atoms with van der Waals surface area (Å²) in [5, 5.41) is 8.93. The molecule has 5 heteroatoms. The lowest BCUT2D eigenvalue weighted by Gasteiger charge is -1.99. The highest BCUT2D eigenvalue weighted by Crippen LogP contribution is 1.94. The number of aliphatic hydroxyl groups is 1. The minimum atomic E-state index is -0.935. The van der Waals surface area contributed by atoms with Gasteiger partial charge in [0, 0.05) is 0 Å². The Balaban J connectivity index is 4.14. The van der Waals surface area contributed by atoms with Crippen molar-refractivity contribution in [2.75, 3.05) is 13.2 Å². The topological polar surface area (TPSA) is 72.8 Å². The van der Waals surface area contributed by atoms with Crippen LogP contribution in [0.5, 0.6) is 0 Å². The van der Waals surface area contributed by atoms with Crippen LogP contribution in [-0.4, -0.2) is 30.3 Å². The monoisotopic (exact) mass is 188 g/mol. The molecular formula is C8H12O5. The molecule has 1 N–H and O–H groups in total. The summed E-state index contributed by atoms with van der Waals surface area (Å²) in [6.45, 7) is 3.54. The first-order chi connectivity index (χ1) is 6.11. The molecule has 0 rings (SSSR count). The smallest absolute Gasteiger partial charge is 0.373 e. The Bertz CT molecular complexity index is 219. The number of ether oxygens (including phenoxy) is 2. The van der Waals surface area contributed by atoms with E-state index in [2.05, 4.69) is 9.47 Å². The van der Waals surface area contributed by atoms with Crippen LogP contribution in [-0.2, 0) is 19.1 Å². The van der Waals surface area contributed by atoms with Gasteiger partial charge in [-0.1, -0.05) is 0 Å². The van der Waals surface area contributed by atoms with Gasteiger partial charge in [0.2, 0.25) is 5.76 Å². The van der Waals surface area contributed by atoms with Gasteiger partial charge >= 0.3 is 11.9 Å². The van der Waals surface area contributed by atoms with Crippen molar-refractivity contribution >= 4 is 11.9 Å². The molecule has 0 saturated carbocycles. The maximum atomic E-state index is 10.7. The van der Waals surface area contributed by atoms with Crippen LogP contribution in [0.2, 0.25) is 0 Å². The van der Waals surface area contributed by atoms with Gasteiger partial charge < -0.3 is 14.6 Å². The van der Waals surface area contributed by atoms with E-state index in [0.717, 1.165) is 0 Å². The molecule has 13 heavy (non-hydrogen) atoms. The molecule has 0 aromatic heterocycles. The summed E-state index contributed by atoms with van der Waals surface area (Å²) >= 11 is 0. The van der Waals surface area contributed by atoms with Crippen LogP contribution < -0.4 is 0 Å². The van der Waals surface area contributed by atoms with Gasteiger partial charge in [0.15, 0.2) is 0 Å². The summed E-state index contributed by atoms with van der Waals surface area (Å²) in [7, 11) is 0. The minimum absolute atomic E-state index is 0.138. The Morgan fingerprint density at radius 1 is 1.23 bits per heavy atom. The van der Waals surface area contributed by atoms with Crippen molar-refractivity contribution in [1.82, 2.24) is 0 Å². The number of aliphatic hydroxyl groups excluding tert-OH is 1. The zero-order valence-electron chi connectivity index (χ0n) is 7.57. The minimum Gasteiger partial charge on any atom is -0.502 e. The number of carbonyl (C=O) groups is 2. The summed E-state index contributed by atoms with van der Waals surface area (Å²) in [4.78, 5) is 21.4. The van der Waals surface area contributed by atoms with Crippen LogP contribution in [0.25, 0.3) is 0 Å². The van der Waals surface area contributed by atoms with Crippen molar-refractivity contribution in [1.29, 1.82) is 0 Å². The Morgan fingerprint density at radius 3 is 2.23 bits per heavy atom. The lowest BCUT2D eigenvalue weighted by Crippen LogP contribution is -2.10. The van der Waals surface area contributed by atoms with E-state index in [9.17, 15) is 9.59 Å². The highest BCUT2D eigenvalue weighted by atomic mass is 16.5. The molecule has 5 nitrogen and oxygen atoms in total. The first-order valence-electron chi connectivity index (χ1n) is 3.86. The summed E-state index contributed by atoms with van der Waals surface area (Å²) in [5.74, 6) is -2.45. The Hall–Kier alpha value is -1.52. The second kappa shape index (κ2) is 6.05. The van der Waals surface area contributed by atoms with Crippen LogP contribution in [0, 0.1) is 0 Å². The summed E-state index contributed by atoms with van der Waals surface area (Å²) in [6, 6.07) is 0. The Morgan fingerprint density at radius 2 is 1.77 bits per heavy atom. The first kappa shape index (κ1) is 11.5. The molecule has 0 aliphatic carbocycles. The lowest BCUT2D eigenvalue weighted by molar-refractivity contribution is -0.143. The van der Waals surface area contributed by atoms with Gasteiger partial charge in [0.05, 0.1) is 19.3 Å². The Kier molecular flexibility index (Phi) is 5.34. The fourth-order valence-corrected chi connectivity index (χ4v) is 0.560. The first-order valence-corrected chi connectivity index (χ1v) is 3.86. The molecule has 0 aliphatic heterocycles. The standard InChI is InChI=1S/C8H12O5/c1-3-12-7(10)5-6(9)8(11)13-4-2/h5,9H,3-4H2,1-2H3. The third-order valence-electron chi connectivity index (χ3n) is 1.03. The SMILES string of the molecule is CCOC(=O)C=C(O)C(=O)OCC. The van der Waals surface area contributed by atoms with Gasteiger partial charge in [-0.3, -0.25) is 0 Å². The van der Waals surface area contributed by atoms with E-state index in [1.165, 1.54) is 0 Å². The van der Waals surface area contributed by atoms with Crippen LogP contribution in [0.4, 0.5) is 0 Å². The number of rotatable bonds is 4. The molecule has 74 valence electrons. The van der Waals surface area contributed by atoms with E-state index < -0.39 is 17.7 Å². The molecule has 0 aromatic rings. The molecule has 0 heterocycles. The van der Waals surface area contributed by atoms with E-state index in [4.69, 9.17) is 5.11 Å². The molecule has 0 aliphatic rings. The molecule has 0 saturated heterocycles. The fraction of sp³-hybridized carbons (Fsp3) is 0.500. The van der Waals surface area contributed by atoms with Crippen LogP contribution >= 0.6 is 0 Å². The van der Waals surface area contributed by atoms with E-state index in [0.29, 0.717) is 6.08 Å². The van der Waals surface area contributed by atoms with Crippen molar-refractivity contribution in [3.05, 3.63) is 11.8 Å².